The Hall–Kier alpha value is -1.16. The van der Waals surface area contributed by atoms with Crippen LogP contribution >= 0.6 is 11.6 Å². The van der Waals surface area contributed by atoms with E-state index in [9.17, 15) is 4.79 Å². The van der Waals surface area contributed by atoms with Crippen LogP contribution in [0.15, 0.2) is 6.07 Å². The number of halogens is 1. The zero-order chi connectivity index (χ0) is 13.4. The van der Waals surface area contributed by atoms with E-state index in [1.165, 1.54) is 19.3 Å². The summed E-state index contributed by atoms with van der Waals surface area (Å²) in [7, 11) is 0. The number of esters is 1. The van der Waals surface area contributed by atoms with Crippen molar-refractivity contribution in [2.45, 2.75) is 46.0 Å². The Morgan fingerprint density at radius 2 is 2.00 bits per heavy atom. The largest absolute Gasteiger partial charge is 0.461 e. The van der Waals surface area contributed by atoms with Gasteiger partial charge in [-0.15, -0.1) is 0 Å². The number of rotatable bonds is 7. The zero-order valence-corrected chi connectivity index (χ0v) is 11.7. The molecule has 18 heavy (non-hydrogen) atoms. The molecule has 0 aliphatic carbocycles. The summed E-state index contributed by atoms with van der Waals surface area (Å²) in [5.74, 6) is -0.433. The number of aryl methyl sites for hydroxylation is 1. The van der Waals surface area contributed by atoms with E-state index in [0.29, 0.717) is 12.3 Å². The van der Waals surface area contributed by atoms with Crippen molar-refractivity contribution in [3.05, 3.63) is 22.7 Å². The van der Waals surface area contributed by atoms with Gasteiger partial charge in [0.2, 0.25) is 5.28 Å². The summed E-state index contributed by atoms with van der Waals surface area (Å²) in [5, 5.41) is 0.0740. The highest BCUT2D eigenvalue weighted by Gasteiger charge is 2.10. The number of aromatic nitrogens is 2. The molecule has 0 aliphatic heterocycles. The molecule has 100 valence electrons. The van der Waals surface area contributed by atoms with Crippen molar-refractivity contribution < 1.29 is 9.53 Å². The van der Waals surface area contributed by atoms with Crippen LogP contribution in [0, 0.1) is 6.92 Å². The quantitative estimate of drug-likeness (QED) is 0.432. The lowest BCUT2D eigenvalue weighted by atomic mass is 10.2. The fraction of sp³-hybridized carbons (Fsp3) is 0.615. The van der Waals surface area contributed by atoms with Crippen LogP contribution in [-0.2, 0) is 4.74 Å². The van der Waals surface area contributed by atoms with Gasteiger partial charge in [-0.3, -0.25) is 0 Å². The van der Waals surface area contributed by atoms with Gasteiger partial charge in [-0.2, -0.15) is 0 Å². The number of nitrogens with zero attached hydrogens (tertiary/aromatic N) is 2. The Labute approximate surface area is 113 Å². The van der Waals surface area contributed by atoms with E-state index < -0.39 is 5.97 Å². The molecular formula is C13H19ClN2O2. The molecular weight excluding hydrogens is 252 g/mol. The minimum Gasteiger partial charge on any atom is -0.461 e. The molecule has 0 unspecified atom stereocenters. The number of hydrogen-bond acceptors (Lipinski definition) is 4. The van der Waals surface area contributed by atoms with Gasteiger partial charge in [0, 0.05) is 5.69 Å². The minimum atomic E-state index is -0.433. The lowest BCUT2D eigenvalue weighted by molar-refractivity contribution is 0.0490. The second-order valence-electron chi connectivity index (χ2n) is 4.21. The molecule has 1 aromatic heterocycles. The van der Waals surface area contributed by atoms with Gasteiger partial charge in [0.25, 0.3) is 0 Å². The molecule has 1 heterocycles. The lowest BCUT2D eigenvalue weighted by Crippen LogP contribution is -2.09. The molecule has 0 spiro atoms. The monoisotopic (exact) mass is 270 g/mol. The standard InChI is InChI=1S/C13H19ClN2O2/c1-3-4-5-6-7-8-18-12(17)11-9-10(2)15-13(14)16-11/h9H,3-8H2,1-2H3. The van der Waals surface area contributed by atoms with Crippen LogP contribution in [0.1, 0.15) is 55.2 Å². The van der Waals surface area contributed by atoms with Crippen LogP contribution in [0.2, 0.25) is 5.28 Å². The maximum absolute atomic E-state index is 11.7. The maximum atomic E-state index is 11.7. The molecule has 1 rings (SSSR count). The van der Waals surface area contributed by atoms with E-state index in [4.69, 9.17) is 16.3 Å². The van der Waals surface area contributed by atoms with Gasteiger partial charge in [-0.05, 0) is 31.0 Å². The molecule has 0 saturated heterocycles. The molecule has 0 aromatic carbocycles. The second-order valence-corrected chi connectivity index (χ2v) is 4.55. The number of carbonyl (C=O) groups excluding carboxylic acids is 1. The smallest absolute Gasteiger partial charge is 0.357 e. The highest BCUT2D eigenvalue weighted by molar-refractivity contribution is 6.28. The average Bonchev–Trinajstić information content (AvgIpc) is 2.32. The van der Waals surface area contributed by atoms with E-state index in [0.717, 1.165) is 12.8 Å². The van der Waals surface area contributed by atoms with Crippen molar-refractivity contribution in [1.29, 1.82) is 0 Å². The van der Waals surface area contributed by atoms with Crippen molar-refractivity contribution in [2.75, 3.05) is 6.61 Å². The normalized spacial score (nSPS) is 10.4. The first kappa shape index (κ1) is 14.9. The average molecular weight is 271 g/mol. The molecule has 0 amide bonds. The molecule has 5 heteroatoms. The van der Waals surface area contributed by atoms with Crippen molar-refractivity contribution in [2.24, 2.45) is 0 Å². The Kier molecular flexibility index (Phi) is 6.65. The maximum Gasteiger partial charge on any atom is 0.357 e. The number of ether oxygens (including phenoxy) is 1. The van der Waals surface area contributed by atoms with Crippen LogP contribution in [0.3, 0.4) is 0 Å². The van der Waals surface area contributed by atoms with Crippen molar-refractivity contribution in [3.8, 4) is 0 Å². The van der Waals surface area contributed by atoms with Gasteiger partial charge >= 0.3 is 5.97 Å². The number of hydrogen-bond donors (Lipinski definition) is 0. The first-order chi connectivity index (χ1) is 8.63. The SMILES string of the molecule is CCCCCCCOC(=O)c1cc(C)nc(Cl)n1. The summed E-state index contributed by atoms with van der Waals surface area (Å²) in [5.41, 5.74) is 0.881. The highest BCUT2D eigenvalue weighted by Crippen LogP contribution is 2.08. The predicted molar refractivity (Wildman–Crippen MR) is 70.8 cm³/mol. The molecule has 0 atom stereocenters. The molecule has 0 saturated carbocycles. The third-order valence-corrected chi connectivity index (χ3v) is 2.69. The predicted octanol–water partition coefficient (Wildman–Crippen LogP) is 3.57. The zero-order valence-electron chi connectivity index (χ0n) is 10.9. The molecule has 0 fully saturated rings. The molecule has 0 radical (unpaired) electrons. The Balaban J connectivity index is 2.32. The fourth-order valence-corrected chi connectivity index (χ4v) is 1.81. The number of carbonyl (C=O) groups is 1. The van der Waals surface area contributed by atoms with Gasteiger partial charge in [0.15, 0.2) is 5.69 Å². The van der Waals surface area contributed by atoms with E-state index >= 15 is 0 Å². The first-order valence-electron chi connectivity index (χ1n) is 6.31. The van der Waals surface area contributed by atoms with Gasteiger partial charge < -0.3 is 4.74 Å². The van der Waals surface area contributed by atoms with Gasteiger partial charge in [0.1, 0.15) is 0 Å². The second kappa shape index (κ2) is 8.03. The third kappa shape index (κ3) is 5.45. The third-order valence-electron chi connectivity index (χ3n) is 2.52. The Morgan fingerprint density at radius 1 is 1.28 bits per heavy atom. The van der Waals surface area contributed by atoms with Gasteiger partial charge in [0.05, 0.1) is 6.61 Å². The van der Waals surface area contributed by atoms with Crippen LogP contribution in [-0.4, -0.2) is 22.5 Å². The van der Waals surface area contributed by atoms with Crippen LogP contribution in [0.25, 0.3) is 0 Å². The summed E-state index contributed by atoms with van der Waals surface area (Å²) in [6.45, 7) is 4.36. The Morgan fingerprint density at radius 3 is 2.67 bits per heavy atom. The van der Waals surface area contributed by atoms with E-state index in [-0.39, 0.29) is 11.0 Å². The van der Waals surface area contributed by atoms with Gasteiger partial charge in [-0.1, -0.05) is 32.6 Å². The minimum absolute atomic E-state index is 0.0740. The summed E-state index contributed by atoms with van der Waals surface area (Å²) in [4.78, 5) is 19.4. The van der Waals surface area contributed by atoms with Crippen molar-refractivity contribution >= 4 is 17.6 Å². The van der Waals surface area contributed by atoms with Crippen LogP contribution in [0.5, 0.6) is 0 Å². The Bertz CT molecular complexity index is 376. The summed E-state index contributed by atoms with van der Waals surface area (Å²) in [6.07, 6.45) is 5.61. The topological polar surface area (TPSA) is 52.1 Å². The molecule has 0 bridgehead atoms. The molecule has 0 N–H and O–H groups in total. The van der Waals surface area contributed by atoms with Gasteiger partial charge in [-0.25, -0.2) is 14.8 Å². The lowest BCUT2D eigenvalue weighted by Gasteiger charge is -2.05. The van der Waals surface area contributed by atoms with Crippen LogP contribution in [0.4, 0.5) is 0 Å². The van der Waals surface area contributed by atoms with Crippen LogP contribution < -0.4 is 0 Å². The number of unbranched alkanes of at least 4 members (excludes halogenated alkanes) is 4. The molecule has 4 nitrogen and oxygen atoms in total. The first-order valence-corrected chi connectivity index (χ1v) is 6.69. The molecule has 0 aliphatic rings. The summed E-state index contributed by atoms with van der Waals surface area (Å²) >= 11 is 5.68. The van der Waals surface area contributed by atoms with E-state index in [2.05, 4.69) is 16.9 Å². The summed E-state index contributed by atoms with van der Waals surface area (Å²) < 4.78 is 5.13. The summed E-state index contributed by atoms with van der Waals surface area (Å²) in [6, 6.07) is 1.57. The van der Waals surface area contributed by atoms with E-state index in [1.54, 1.807) is 13.0 Å². The molecule has 1 aromatic rings. The van der Waals surface area contributed by atoms with E-state index in [1.807, 2.05) is 0 Å². The fourth-order valence-electron chi connectivity index (χ4n) is 1.58. The highest BCUT2D eigenvalue weighted by atomic mass is 35.5. The van der Waals surface area contributed by atoms with Crippen molar-refractivity contribution in [3.63, 3.8) is 0 Å². The van der Waals surface area contributed by atoms with Crippen molar-refractivity contribution in [1.82, 2.24) is 9.97 Å².